The van der Waals surface area contributed by atoms with E-state index in [1.54, 1.807) is 0 Å². The second kappa shape index (κ2) is 5.47. The van der Waals surface area contributed by atoms with Gasteiger partial charge in [0.15, 0.2) is 0 Å². The van der Waals surface area contributed by atoms with Gasteiger partial charge in [0.05, 0.1) is 0 Å². The molecule has 4 heteroatoms. The normalized spacial score (nSPS) is 28.7. The van der Waals surface area contributed by atoms with Gasteiger partial charge in [-0.05, 0) is 65.5 Å². The molecule has 0 aromatic carbocycles. The predicted octanol–water partition coefficient (Wildman–Crippen LogP) is 2.39. The maximum Gasteiger partial charge on any atom is 0.410 e. The third-order valence-corrected chi connectivity index (χ3v) is 3.77. The van der Waals surface area contributed by atoms with Crippen molar-refractivity contribution in [2.75, 3.05) is 19.6 Å². The Labute approximate surface area is 110 Å². The molecule has 0 aromatic rings. The minimum absolute atomic E-state index is 0.129. The van der Waals surface area contributed by atoms with Crippen LogP contribution in [0.25, 0.3) is 0 Å². The van der Waals surface area contributed by atoms with Gasteiger partial charge in [0.1, 0.15) is 5.60 Å². The lowest BCUT2D eigenvalue weighted by Gasteiger charge is -2.29. The minimum Gasteiger partial charge on any atom is -0.444 e. The van der Waals surface area contributed by atoms with Crippen LogP contribution in [0.2, 0.25) is 0 Å². The maximum atomic E-state index is 12.1. The monoisotopic (exact) mass is 254 g/mol. The molecule has 2 aliphatic heterocycles. The van der Waals surface area contributed by atoms with Gasteiger partial charge in [-0.25, -0.2) is 4.79 Å². The van der Waals surface area contributed by atoms with E-state index in [-0.39, 0.29) is 11.7 Å². The number of hydrogen-bond donors (Lipinski definition) is 1. The molecule has 0 bridgehead atoms. The van der Waals surface area contributed by atoms with Crippen molar-refractivity contribution in [1.82, 2.24) is 10.2 Å². The Hall–Kier alpha value is -0.770. The van der Waals surface area contributed by atoms with E-state index < -0.39 is 0 Å². The van der Waals surface area contributed by atoms with Crippen molar-refractivity contribution < 1.29 is 9.53 Å². The number of rotatable bonds is 2. The Bertz CT molecular complexity index is 293. The lowest BCUT2D eigenvalue weighted by atomic mass is 9.98. The molecule has 2 heterocycles. The molecule has 2 saturated heterocycles. The highest BCUT2D eigenvalue weighted by atomic mass is 16.6. The predicted molar refractivity (Wildman–Crippen MR) is 71.6 cm³/mol. The van der Waals surface area contributed by atoms with Crippen LogP contribution >= 0.6 is 0 Å². The Kier molecular flexibility index (Phi) is 4.15. The van der Waals surface area contributed by atoms with Gasteiger partial charge in [-0.1, -0.05) is 0 Å². The highest BCUT2D eigenvalue weighted by Gasteiger charge is 2.33. The smallest absolute Gasteiger partial charge is 0.410 e. The summed E-state index contributed by atoms with van der Waals surface area (Å²) in [5.74, 6) is 0.734. The number of hydrogen-bond acceptors (Lipinski definition) is 3. The highest BCUT2D eigenvalue weighted by Crippen LogP contribution is 2.27. The van der Waals surface area contributed by atoms with Crippen LogP contribution in [-0.2, 0) is 4.74 Å². The summed E-state index contributed by atoms with van der Waals surface area (Å²) in [6.07, 6.45) is 4.50. The van der Waals surface area contributed by atoms with E-state index >= 15 is 0 Å². The quantitative estimate of drug-likeness (QED) is 0.822. The molecule has 0 spiro atoms. The number of amides is 1. The van der Waals surface area contributed by atoms with Crippen molar-refractivity contribution in [2.45, 2.75) is 58.1 Å². The van der Waals surface area contributed by atoms with Crippen molar-refractivity contribution in [2.24, 2.45) is 5.92 Å². The maximum absolute atomic E-state index is 12.1. The van der Waals surface area contributed by atoms with E-state index in [1.807, 2.05) is 25.7 Å². The molecule has 1 amide bonds. The van der Waals surface area contributed by atoms with Crippen LogP contribution in [0.1, 0.15) is 46.5 Å². The summed E-state index contributed by atoms with van der Waals surface area (Å²) in [6, 6.07) is 0.393. The molecule has 2 rings (SSSR count). The van der Waals surface area contributed by atoms with Gasteiger partial charge < -0.3 is 15.0 Å². The largest absolute Gasteiger partial charge is 0.444 e. The molecule has 104 valence electrons. The number of likely N-dealkylation sites (tertiary alicyclic amines) is 1. The lowest BCUT2D eigenvalue weighted by molar-refractivity contribution is 0.0210. The molecule has 0 saturated carbocycles. The van der Waals surface area contributed by atoms with Crippen LogP contribution in [0.3, 0.4) is 0 Å². The first kappa shape index (κ1) is 13.7. The minimum atomic E-state index is -0.390. The van der Waals surface area contributed by atoms with Crippen molar-refractivity contribution >= 4 is 6.09 Å². The molecular weight excluding hydrogens is 228 g/mol. The van der Waals surface area contributed by atoms with E-state index in [0.717, 1.165) is 44.8 Å². The second-order valence-electron chi connectivity index (χ2n) is 6.56. The molecule has 18 heavy (non-hydrogen) atoms. The van der Waals surface area contributed by atoms with Gasteiger partial charge in [-0.2, -0.15) is 0 Å². The molecule has 2 aliphatic rings. The molecule has 4 nitrogen and oxygen atoms in total. The van der Waals surface area contributed by atoms with Crippen molar-refractivity contribution in [1.29, 1.82) is 0 Å². The van der Waals surface area contributed by atoms with Gasteiger partial charge in [0.25, 0.3) is 0 Å². The zero-order valence-corrected chi connectivity index (χ0v) is 11.9. The summed E-state index contributed by atoms with van der Waals surface area (Å²) in [5, 5.41) is 3.39. The number of carbonyl (C=O) groups is 1. The topological polar surface area (TPSA) is 41.6 Å². The van der Waals surface area contributed by atoms with E-state index in [2.05, 4.69) is 5.32 Å². The van der Waals surface area contributed by atoms with Crippen molar-refractivity contribution in [3.8, 4) is 0 Å². The number of nitrogens with one attached hydrogen (secondary N) is 1. The van der Waals surface area contributed by atoms with Crippen molar-refractivity contribution in [3.05, 3.63) is 0 Å². The Balaban J connectivity index is 1.88. The first-order valence-corrected chi connectivity index (χ1v) is 7.16. The fraction of sp³-hybridized carbons (Fsp3) is 0.929. The summed E-state index contributed by atoms with van der Waals surface area (Å²) in [4.78, 5) is 14.1. The van der Waals surface area contributed by atoms with Crippen LogP contribution in [0, 0.1) is 5.92 Å². The fourth-order valence-corrected chi connectivity index (χ4v) is 2.94. The Morgan fingerprint density at radius 3 is 2.78 bits per heavy atom. The van der Waals surface area contributed by atoms with Crippen LogP contribution in [0.15, 0.2) is 0 Å². The van der Waals surface area contributed by atoms with Gasteiger partial charge in [-0.3, -0.25) is 0 Å². The van der Waals surface area contributed by atoms with Crippen molar-refractivity contribution in [3.63, 3.8) is 0 Å². The molecule has 2 atom stereocenters. The first-order chi connectivity index (χ1) is 8.46. The fourth-order valence-electron chi connectivity index (χ4n) is 2.94. The summed E-state index contributed by atoms with van der Waals surface area (Å²) >= 11 is 0. The van der Waals surface area contributed by atoms with Crippen LogP contribution < -0.4 is 5.32 Å². The molecule has 0 aliphatic carbocycles. The molecule has 2 unspecified atom stereocenters. The number of carbonyl (C=O) groups excluding carboxylic acids is 1. The molecule has 0 aromatic heterocycles. The van der Waals surface area contributed by atoms with Gasteiger partial charge >= 0.3 is 6.09 Å². The number of nitrogens with zero attached hydrogens (tertiary/aromatic N) is 1. The van der Waals surface area contributed by atoms with E-state index in [1.165, 1.54) is 6.42 Å². The number of ether oxygens (including phenoxy) is 1. The van der Waals surface area contributed by atoms with Gasteiger partial charge in [0, 0.05) is 12.6 Å². The molecule has 0 radical (unpaired) electrons. The van der Waals surface area contributed by atoms with Gasteiger partial charge in [-0.15, -0.1) is 0 Å². The second-order valence-corrected chi connectivity index (χ2v) is 6.56. The summed E-state index contributed by atoms with van der Waals surface area (Å²) in [7, 11) is 0. The van der Waals surface area contributed by atoms with E-state index in [9.17, 15) is 4.79 Å². The van der Waals surface area contributed by atoms with E-state index in [0.29, 0.717) is 6.04 Å². The van der Waals surface area contributed by atoms with Crippen LogP contribution in [0.4, 0.5) is 4.79 Å². The Morgan fingerprint density at radius 1 is 1.39 bits per heavy atom. The van der Waals surface area contributed by atoms with Crippen LogP contribution in [-0.4, -0.2) is 42.3 Å². The average Bonchev–Trinajstić information content (AvgIpc) is 2.86. The summed E-state index contributed by atoms with van der Waals surface area (Å²) in [5.41, 5.74) is -0.390. The average molecular weight is 254 g/mol. The highest BCUT2D eigenvalue weighted by molar-refractivity contribution is 5.68. The standard InChI is InChI=1S/C14H26N2O2/c1-14(2,3)18-13(17)16-8-4-5-12(16)9-11-6-7-15-10-11/h11-12,15H,4-10H2,1-3H3. The third kappa shape index (κ3) is 3.61. The van der Waals surface area contributed by atoms with E-state index in [4.69, 9.17) is 4.74 Å². The first-order valence-electron chi connectivity index (χ1n) is 7.16. The zero-order chi connectivity index (χ0) is 13.2. The zero-order valence-electron chi connectivity index (χ0n) is 11.9. The Morgan fingerprint density at radius 2 is 2.17 bits per heavy atom. The molecule has 2 fully saturated rings. The van der Waals surface area contributed by atoms with Gasteiger partial charge in [0.2, 0.25) is 0 Å². The van der Waals surface area contributed by atoms with Crippen LogP contribution in [0.5, 0.6) is 0 Å². The lowest BCUT2D eigenvalue weighted by Crippen LogP contribution is -2.40. The third-order valence-electron chi connectivity index (χ3n) is 3.77. The summed E-state index contributed by atoms with van der Waals surface area (Å²) in [6.45, 7) is 8.88. The SMILES string of the molecule is CC(C)(C)OC(=O)N1CCCC1CC1CCNC1. The molecule has 1 N–H and O–H groups in total. The summed E-state index contributed by atoms with van der Waals surface area (Å²) < 4.78 is 5.49. The molecular formula is C14H26N2O2.